The number of benzene rings is 2. The second kappa shape index (κ2) is 10.7. The normalized spacial score (nSPS) is 14.1. The number of aliphatic carboxylic acids is 1. The molecule has 3 heterocycles. The molecule has 37 heavy (non-hydrogen) atoms. The van der Waals surface area contributed by atoms with Crippen LogP contribution in [0.5, 0.6) is 0 Å². The fourth-order valence-corrected chi connectivity index (χ4v) is 5.19. The van der Waals surface area contributed by atoms with E-state index in [-0.39, 0.29) is 18.0 Å². The Balaban J connectivity index is 1.56. The molecule has 4 aromatic rings. The lowest BCUT2D eigenvalue weighted by Gasteiger charge is -2.32. The molecule has 0 radical (unpaired) electrons. The van der Waals surface area contributed by atoms with Crippen LogP contribution in [0.4, 0.5) is 0 Å². The topological polar surface area (TPSA) is 88.3 Å². The van der Waals surface area contributed by atoms with Gasteiger partial charge in [-0.3, -0.25) is 14.6 Å². The fourth-order valence-electron chi connectivity index (χ4n) is 4.84. The van der Waals surface area contributed by atoms with Gasteiger partial charge in [0.05, 0.1) is 22.8 Å². The quantitative estimate of drug-likeness (QED) is 0.333. The number of carboxylic acids is 1. The van der Waals surface area contributed by atoms with Crippen molar-refractivity contribution in [3.63, 3.8) is 0 Å². The number of carbonyl (C=O) groups is 2. The van der Waals surface area contributed by atoms with Crippen molar-refractivity contribution < 1.29 is 14.7 Å². The highest BCUT2D eigenvalue weighted by Crippen LogP contribution is 2.34. The molecule has 0 bridgehead atoms. The minimum Gasteiger partial charge on any atom is -0.481 e. The molecule has 2 aromatic heterocycles. The van der Waals surface area contributed by atoms with Gasteiger partial charge in [-0.1, -0.05) is 47.5 Å². The maximum absolute atomic E-state index is 13.8. The summed E-state index contributed by atoms with van der Waals surface area (Å²) in [6, 6.07) is 18.2. The summed E-state index contributed by atoms with van der Waals surface area (Å²) in [5.41, 5.74) is 3.41. The zero-order chi connectivity index (χ0) is 25.9. The first-order valence-corrected chi connectivity index (χ1v) is 12.7. The summed E-state index contributed by atoms with van der Waals surface area (Å²) in [6.45, 7) is 1.10. The summed E-state index contributed by atoms with van der Waals surface area (Å²) in [4.78, 5) is 31.6. The van der Waals surface area contributed by atoms with Crippen molar-refractivity contribution in [3.8, 4) is 16.9 Å². The fraction of sp³-hybridized carbons (Fsp3) is 0.214. The average Bonchev–Trinajstić information content (AvgIpc) is 3.27. The molecule has 1 fully saturated rings. The number of hydrogen-bond donors (Lipinski definition) is 1. The highest BCUT2D eigenvalue weighted by Gasteiger charge is 2.32. The summed E-state index contributed by atoms with van der Waals surface area (Å²) in [5.74, 6) is -0.999. The van der Waals surface area contributed by atoms with Gasteiger partial charge in [0.2, 0.25) is 0 Å². The number of halogens is 2. The van der Waals surface area contributed by atoms with Crippen LogP contribution in [0.2, 0.25) is 10.0 Å². The molecule has 2 aromatic carbocycles. The predicted octanol–water partition coefficient (Wildman–Crippen LogP) is 5.89. The van der Waals surface area contributed by atoms with Crippen molar-refractivity contribution in [1.29, 1.82) is 0 Å². The molecule has 0 spiro atoms. The molecular weight excluding hydrogens is 511 g/mol. The Morgan fingerprint density at radius 3 is 2.27 bits per heavy atom. The number of aromatic nitrogens is 3. The van der Waals surface area contributed by atoms with E-state index in [9.17, 15) is 14.7 Å². The largest absolute Gasteiger partial charge is 0.481 e. The molecule has 5 rings (SSSR count). The molecule has 0 atom stereocenters. The summed E-state index contributed by atoms with van der Waals surface area (Å²) in [6.07, 6.45) is 4.81. The minimum absolute atomic E-state index is 0.120. The molecule has 7 nitrogen and oxygen atoms in total. The van der Waals surface area contributed by atoms with Crippen LogP contribution < -0.4 is 0 Å². The lowest BCUT2D eigenvalue weighted by molar-refractivity contribution is -0.136. The molecule has 188 valence electrons. The third-order valence-corrected chi connectivity index (χ3v) is 7.24. The number of piperidine rings is 1. The molecule has 0 aliphatic carbocycles. The summed E-state index contributed by atoms with van der Waals surface area (Å²) in [5, 5.41) is 15.4. The zero-order valence-electron chi connectivity index (χ0n) is 19.8. The highest BCUT2D eigenvalue weighted by molar-refractivity contribution is 6.32. The number of para-hydroxylation sites is 1. The number of likely N-dealkylation sites (tertiary alicyclic amines) is 1. The van der Waals surface area contributed by atoms with Gasteiger partial charge in [0, 0.05) is 41.6 Å². The van der Waals surface area contributed by atoms with E-state index in [1.807, 2.05) is 18.2 Å². The van der Waals surface area contributed by atoms with Crippen molar-refractivity contribution in [2.75, 3.05) is 13.1 Å². The first-order valence-electron chi connectivity index (χ1n) is 12.0. The Kier molecular flexibility index (Phi) is 7.26. The van der Waals surface area contributed by atoms with Crippen molar-refractivity contribution in [2.45, 2.75) is 25.2 Å². The van der Waals surface area contributed by atoms with Gasteiger partial charge in [0.15, 0.2) is 5.69 Å². The first-order chi connectivity index (χ1) is 17.9. The Bertz CT molecular complexity index is 1430. The van der Waals surface area contributed by atoms with Crippen LogP contribution in [0.3, 0.4) is 0 Å². The molecule has 1 aliphatic rings. The first kappa shape index (κ1) is 25.0. The van der Waals surface area contributed by atoms with Gasteiger partial charge in [-0.15, -0.1) is 0 Å². The summed E-state index contributed by atoms with van der Waals surface area (Å²) < 4.78 is 1.57. The van der Waals surface area contributed by atoms with E-state index < -0.39 is 5.97 Å². The number of carboxylic acid groups (broad SMARTS) is 1. The van der Waals surface area contributed by atoms with Crippen LogP contribution in [0.1, 0.15) is 40.4 Å². The van der Waals surface area contributed by atoms with E-state index in [0.29, 0.717) is 51.6 Å². The van der Waals surface area contributed by atoms with Gasteiger partial charge in [0.25, 0.3) is 5.91 Å². The van der Waals surface area contributed by atoms with Crippen molar-refractivity contribution in [1.82, 2.24) is 19.7 Å². The molecule has 0 saturated carbocycles. The van der Waals surface area contributed by atoms with Gasteiger partial charge in [-0.05, 0) is 60.7 Å². The van der Waals surface area contributed by atoms with E-state index in [1.165, 1.54) is 5.56 Å². The lowest BCUT2D eigenvalue weighted by Crippen LogP contribution is -2.38. The summed E-state index contributed by atoms with van der Waals surface area (Å²) >= 11 is 12.6. The van der Waals surface area contributed by atoms with E-state index >= 15 is 0 Å². The molecular formula is C28H24Cl2N4O3. The van der Waals surface area contributed by atoms with Gasteiger partial charge >= 0.3 is 5.97 Å². The summed E-state index contributed by atoms with van der Waals surface area (Å²) in [7, 11) is 0. The van der Waals surface area contributed by atoms with Crippen LogP contribution in [0.25, 0.3) is 16.9 Å². The second-order valence-electron chi connectivity index (χ2n) is 8.96. The highest BCUT2D eigenvalue weighted by atomic mass is 35.5. The van der Waals surface area contributed by atoms with Gasteiger partial charge in [-0.25, -0.2) is 4.68 Å². The Morgan fingerprint density at radius 2 is 1.62 bits per heavy atom. The minimum atomic E-state index is -1.06. The monoisotopic (exact) mass is 534 g/mol. The lowest BCUT2D eigenvalue weighted by atomic mass is 9.90. The molecule has 1 saturated heterocycles. The third-order valence-electron chi connectivity index (χ3n) is 6.67. The maximum atomic E-state index is 13.8. The second-order valence-corrected chi connectivity index (χ2v) is 9.81. The van der Waals surface area contributed by atoms with Crippen molar-refractivity contribution >= 4 is 35.1 Å². The number of pyridine rings is 1. The van der Waals surface area contributed by atoms with E-state index in [2.05, 4.69) is 10.1 Å². The SMILES string of the molecule is O=C(O)Cc1c(C(=O)N2CCC(c3ccncc3)CC2)nn(-c2ccccc2Cl)c1-c1ccc(Cl)cc1. The van der Waals surface area contributed by atoms with Crippen LogP contribution in [-0.2, 0) is 11.2 Å². The number of carbonyl (C=O) groups excluding carboxylic acids is 1. The van der Waals surface area contributed by atoms with Gasteiger partial charge < -0.3 is 10.0 Å². The van der Waals surface area contributed by atoms with Crippen LogP contribution in [0, 0.1) is 0 Å². The molecule has 1 amide bonds. The molecule has 1 N–H and O–H groups in total. The van der Waals surface area contributed by atoms with E-state index in [1.54, 1.807) is 64.4 Å². The number of nitrogens with zero attached hydrogens (tertiary/aromatic N) is 4. The third kappa shape index (κ3) is 5.24. The number of rotatable bonds is 6. The van der Waals surface area contributed by atoms with Gasteiger partial charge in [-0.2, -0.15) is 5.10 Å². The Hall–Kier alpha value is -3.68. The Morgan fingerprint density at radius 1 is 0.946 bits per heavy atom. The number of hydrogen-bond acceptors (Lipinski definition) is 4. The van der Waals surface area contributed by atoms with E-state index in [4.69, 9.17) is 23.2 Å². The maximum Gasteiger partial charge on any atom is 0.307 e. The van der Waals surface area contributed by atoms with Crippen LogP contribution in [0.15, 0.2) is 73.1 Å². The molecule has 0 unspecified atom stereocenters. The molecule has 1 aliphatic heterocycles. The van der Waals surface area contributed by atoms with E-state index in [0.717, 1.165) is 12.8 Å². The molecule has 9 heteroatoms. The van der Waals surface area contributed by atoms with Crippen molar-refractivity contribution in [2.24, 2.45) is 0 Å². The number of amides is 1. The standard InChI is InChI=1S/C28H24Cl2N4O3/c29-21-7-5-20(6-8-21)27-22(17-25(35)36)26(32-34(27)24-4-2-1-3-23(24)30)28(37)33-15-11-19(12-16-33)18-9-13-31-14-10-18/h1-10,13-14,19H,11-12,15-17H2,(H,35,36). The smallest absolute Gasteiger partial charge is 0.307 e. The van der Waals surface area contributed by atoms with Crippen LogP contribution in [-0.4, -0.2) is 49.7 Å². The average molecular weight is 535 g/mol. The predicted molar refractivity (Wildman–Crippen MR) is 142 cm³/mol. The van der Waals surface area contributed by atoms with Gasteiger partial charge in [0.1, 0.15) is 0 Å². The zero-order valence-corrected chi connectivity index (χ0v) is 21.4. The van der Waals surface area contributed by atoms with Crippen molar-refractivity contribution in [3.05, 3.63) is 99.9 Å². The Labute approximate surface area is 224 Å². The van der Waals surface area contributed by atoms with Crippen LogP contribution >= 0.6 is 23.2 Å².